The predicted molar refractivity (Wildman–Crippen MR) is 75.8 cm³/mol. The van der Waals surface area contributed by atoms with Gasteiger partial charge in [0, 0.05) is 25.9 Å². The maximum absolute atomic E-state index is 12.1. The minimum Gasteiger partial charge on any atom is -0.318 e. The van der Waals surface area contributed by atoms with Crippen molar-refractivity contribution >= 4 is 11.8 Å². The van der Waals surface area contributed by atoms with Gasteiger partial charge in [0.1, 0.15) is 6.17 Å². The highest BCUT2D eigenvalue weighted by Gasteiger charge is 2.37. The lowest BCUT2D eigenvalue weighted by Crippen LogP contribution is -2.42. The van der Waals surface area contributed by atoms with Gasteiger partial charge in [-0.2, -0.15) is 5.26 Å². The standard InChI is InChI=1S/C16H17N3O2/c17-11-12-5-7-13(8-6-12)16(18-9-1-3-14(18)20)19-10-2-4-15(19)21/h5-8,16H,1-4,9-10H2. The summed E-state index contributed by atoms with van der Waals surface area (Å²) in [6, 6.07) is 9.26. The van der Waals surface area contributed by atoms with Gasteiger partial charge in [0.2, 0.25) is 11.8 Å². The van der Waals surface area contributed by atoms with Crippen LogP contribution in [0.25, 0.3) is 0 Å². The fourth-order valence-electron chi connectivity index (χ4n) is 3.11. The van der Waals surface area contributed by atoms with Crippen LogP contribution >= 0.6 is 0 Å². The fourth-order valence-corrected chi connectivity index (χ4v) is 3.11. The van der Waals surface area contributed by atoms with Crippen LogP contribution in [-0.4, -0.2) is 34.7 Å². The van der Waals surface area contributed by atoms with Crippen LogP contribution in [0.1, 0.15) is 43.0 Å². The van der Waals surface area contributed by atoms with Gasteiger partial charge in [-0.05, 0) is 30.5 Å². The van der Waals surface area contributed by atoms with Crippen LogP contribution in [0.4, 0.5) is 0 Å². The zero-order valence-electron chi connectivity index (χ0n) is 11.8. The number of nitrogens with zero attached hydrogens (tertiary/aromatic N) is 3. The fraction of sp³-hybridized carbons (Fsp3) is 0.438. The molecule has 0 bridgehead atoms. The van der Waals surface area contributed by atoms with E-state index < -0.39 is 0 Å². The van der Waals surface area contributed by atoms with E-state index in [2.05, 4.69) is 6.07 Å². The van der Waals surface area contributed by atoms with Crippen molar-refractivity contribution in [3.05, 3.63) is 35.4 Å². The van der Waals surface area contributed by atoms with Crippen molar-refractivity contribution in [2.45, 2.75) is 31.8 Å². The number of hydrogen-bond acceptors (Lipinski definition) is 3. The van der Waals surface area contributed by atoms with Gasteiger partial charge in [-0.3, -0.25) is 9.59 Å². The Morgan fingerprint density at radius 1 is 0.952 bits per heavy atom. The molecule has 21 heavy (non-hydrogen) atoms. The van der Waals surface area contributed by atoms with Crippen molar-refractivity contribution in [1.82, 2.24) is 9.80 Å². The molecule has 0 radical (unpaired) electrons. The number of hydrogen-bond donors (Lipinski definition) is 0. The van der Waals surface area contributed by atoms with Gasteiger partial charge in [0.15, 0.2) is 0 Å². The third kappa shape index (κ3) is 2.49. The monoisotopic (exact) mass is 283 g/mol. The van der Waals surface area contributed by atoms with E-state index in [9.17, 15) is 9.59 Å². The second-order valence-corrected chi connectivity index (χ2v) is 5.49. The van der Waals surface area contributed by atoms with Crippen molar-refractivity contribution in [1.29, 1.82) is 5.26 Å². The molecule has 2 amide bonds. The Hall–Kier alpha value is -2.35. The molecule has 0 unspecified atom stereocenters. The summed E-state index contributed by atoms with van der Waals surface area (Å²) in [6.07, 6.45) is 2.47. The lowest BCUT2D eigenvalue weighted by molar-refractivity contribution is -0.140. The van der Waals surface area contributed by atoms with E-state index in [1.165, 1.54) is 0 Å². The highest BCUT2D eigenvalue weighted by atomic mass is 16.2. The van der Waals surface area contributed by atoms with E-state index in [0.29, 0.717) is 31.5 Å². The number of carbonyl (C=O) groups excluding carboxylic acids is 2. The van der Waals surface area contributed by atoms with Crippen molar-refractivity contribution in [2.75, 3.05) is 13.1 Å². The SMILES string of the molecule is N#Cc1ccc(C(N2CCCC2=O)N2CCCC2=O)cc1. The van der Waals surface area contributed by atoms with E-state index in [-0.39, 0.29) is 18.0 Å². The van der Waals surface area contributed by atoms with Gasteiger partial charge in [-0.1, -0.05) is 12.1 Å². The summed E-state index contributed by atoms with van der Waals surface area (Å²) in [5, 5.41) is 8.90. The molecule has 0 N–H and O–H groups in total. The minimum absolute atomic E-state index is 0.101. The van der Waals surface area contributed by atoms with E-state index in [0.717, 1.165) is 18.4 Å². The summed E-state index contributed by atoms with van der Waals surface area (Å²) in [4.78, 5) is 27.8. The number of carbonyl (C=O) groups is 2. The normalized spacial score (nSPS) is 18.7. The van der Waals surface area contributed by atoms with Gasteiger partial charge >= 0.3 is 0 Å². The highest BCUT2D eigenvalue weighted by molar-refractivity contribution is 5.82. The number of amides is 2. The maximum atomic E-state index is 12.1. The molecule has 1 aromatic rings. The van der Waals surface area contributed by atoms with Crippen LogP contribution in [0.3, 0.4) is 0 Å². The largest absolute Gasteiger partial charge is 0.318 e. The molecule has 0 aromatic heterocycles. The first-order chi connectivity index (χ1) is 10.2. The Balaban J connectivity index is 1.96. The third-order valence-corrected chi connectivity index (χ3v) is 4.15. The molecule has 0 saturated carbocycles. The summed E-state index contributed by atoms with van der Waals surface area (Å²) in [6.45, 7) is 1.38. The number of likely N-dealkylation sites (tertiary alicyclic amines) is 2. The van der Waals surface area contributed by atoms with Gasteiger partial charge in [-0.15, -0.1) is 0 Å². The molecular formula is C16H17N3O2. The Labute approximate surface area is 123 Å². The Morgan fingerprint density at radius 3 is 1.86 bits per heavy atom. The molecule has 2 fully saturated rings. The summed E-state index contributed by atoms with van der Waals surface area (Å²) in [5.74, 6) is 0.202. The average Bonchev–Trinajstić information content (AvgIpc) is 3.10. The Bertz CT molecular complexity index is 577. The second kappa shape index (κ2) is 5.57. The van der Waals surface area contributed by atoms with E-state index in [4.69, 9.17) is 5.26 Å². The molecule has 108 valence electrons. The van der Waals surface area contributed by atoms with Crippen LogP contribution in [0.2, 0.25) is 0 Å². The number of nitriles is 1. The lowest BCUT2D eigenvalue weighted by Gasteiger charge is -2.35. The second-order valence-electron chi connectivity index (χ2n) is 5.49. The Morgan fingerprint density at radius 2 is 1.48 bits per heavy atom. The lowest BCUT2D eigenvalue weighted by atomic mass is 10.1. The molecule has 0 spiro atoms. The van der Waals surface area contributed by atoms with E-state index in [1.54, 1.807) is 21.9 Å². The summed E-state index contributed by atoms with van der Waals surface area (Å²) >= 11 is 0. The molecule has 2 heterocycles. The maximum Gasteiger partial charge on any atom is 0.224 e. The van der Waals surface area contributed by atoms with Crippen LogP contribution in [0, 0.1) is 11.3 Å². The Kier molecular flexibility index (Phi) is 3.61. The molecule has 1 aromatic carbocycles. The highest BCUT2D eigenvalue weighted by Crippen LogP contribution is 2.32. The van der Waals surface area contributed by atoms with E-state index in [1.807, 2.05) is 12.1 Å². The summed E-state index contributed by atoms with van der Waals surface area (Å²) in [5.41, 5.74) is 1.48. The zero-order chi connectivity index (χ0) is 14.8. The number of benzene rings is 1. The molecule has 2 aliphatic rings. The first kappa shape index (κ1) is 13.6. The quantitative estimate of drug-likeness (QED) is 0.849. The first-order valence-corrected chi connectivity index (χ1v) is 7.30. The van der Waals surface area contributed by atoms with Crippen molar-refractivity contribution < 1.29 is 9.59 Å². The number of rotatable bonds is 3. The molecular weight excluding hydrogens is 266 g/mol. The van der Waals surface area contributed by atoms with Crippen LogP contribution < -0.4 is 0 Å². The molecule has 2 saturated heterocycles. The van der Waals surface area contributed by atoms with Crippen molar-refractivity contribution in [2.24, 2.45) is 0 Å². The predicted octanol–water partition coefficient (Wildman–Crippen LogP) is 1.80. The van der Waals surface area contributed by atoms with Crippen LogP contribution in [0.5, 0.6) is 0 Å². The van der Waals surface area contributed by atoms with E-state index >= 15 is 0 Å². The van der Waals surface area contributed by atoms with Gasteiger partial charge < -0.3 is 9.80 Å². The van der Waals surface area contributed by atoms with Gasteiger partial charge in [0.05, 0.1) is 11.6 Å². The molecule has 0 atom stereocenters. The first-order valence-electron chi connectivity index (χ1n) is 7.30. The van der Waals surface area contributed by atoms with Crippen molar-refractivity contribution in [3.8, 4) is 6.07 Å². The molecule has 5 heteroatoms. The summed E-state index contributed by atoms with van der Waals surface area (Å²) in [7, 11) is 0. The summed E-state index contributed by atoms with van der Waals surface area (Å²) < 4.78 is 0. The smallest absolute Gasteiger partial charge is 0.224 e. The van der Waals surface area contributed by atoms with Gasteiger partial charge in [-0.25, -0.2) is 0 Å². The molecule has 2 aliphatic heterocycles. The molecule has 5 nitrogen and oxygen atoms in total. The minimum atomic E-state index is -0.317. The average molecular weight is 283 g/mol. The topological polar surface area (TPSA) is 64.4 Å². The van der Waals surface area contributed by atoms with Crippen LogP contribution in [-0.2, 0) is 9.59 Å². The zero-order valence-corrected chi connectivity index (χ0v) is 11.8. The molecule has 3 rings (SSSR count). The molecule has 0 aliphatic carbocycles. The van der Waals surface area contributed by atoms with Gasteiger partial charge in [0.25, 0.3) is 0 Å². The third-order valence-electron chi connectivity index (χ3n) is 4.15. The van der Waals surface area contributed by atoms with Crippen LogP contribution in [0.15, 0.2) is 24.3 Å². The van der Waals surface area contributed by atoms with Crippen molar-refractivity contribution in [3.63, 3.8) is 0 Å².